The molecule has 30 heavy (non-hydrogen) atoms. The molecule has 1 heterocycles. The SMILES string of the molecule is C1CCC(NC2CCCCC2)CC1.O=C(O)C[C@H]1CCc2c1[nH]c1ccc(F)cc21. The van der Waals surface area contributed by atoms with Gasteiger partial charge in [0.15, 0.2) is 0 Å². The van der Waals surface area contributed by atoms with Crippen molar-refractivity contribution in [3.8, 4) is 0 Å². The first-order chi connectivity index (χ1) is 14.6. The van der Waals surface area contributed by atoms with Crippen molar-refractivity contribution in [1.82, 2.24) is 10.3 Å². The minimum atomic E-state index is -0.785. The van der Waals surface area contributed by atoms with Gasteiger partial charge in [-0.1, -0.05) is 38.5 Å². The van der Waals surface area contributed by atoms with E-state index in [1.54, 1.807) is 6.07 Å². The van der Waals surface area contributed by atoms with Gasteiger partial charge in [0.25, 0.3) is 0 Å². The van der Waals surface area contributed by atoms with Gasteiger partial charge in [-0.25, -0.2) is 4.39 Å². The molecule has 4 nitrogen and oxygen atoms in total. The number of nitrogens with one attached hydrogen (secondary N) is 2. The van der Waals surface area contributed by atoms with Gasteiger partial charge in [-0.3, -0.25) is 4.79 Å². The van der Waals surface area contributed by atoms with E-state index in [0.717, 1.165) is 47.1 Å². The molecule has 0 radical (unpaired) electrons. The summed E-state index contributed by atoms with van der Waals surface area (Å²) in [7, 11) is 0. The summed E-state index contributed by atoms with van der Waals surface area (Å²) >= 11 is 0. The molecule has 0 aliphatic heterocycles. The molecular weight excluding hydrogens is 379 g/mol. The van der Waals surface area contributed by atoms with Crippen molar-refractivity contribution in [3.05, 3.63) is 35.3 Å². The van der Waals surface area contributed by atoms with Gasteiger partial charge in [-0.15, -0.1) is 0 Å². The first kappa shape index (κ1) is 21.4. The van der Waals surface area contributed by atoms with Crippen LogP contribution in [0.5, 0.6) is 0 Å². The van der Waals surface area contributed by atoms with Crippen molar-refractivity contribution in [2.45, 2.75) is 101 Å². The number of H-pyrrole nitrogens is 1. The molecule has 1 atom stereocenters. The van der Waals surface area contributed by atoms with Crippen LogP contribution in [0.3, 0.4) is 0 Å². The van der Waals surface area contributed by atoms with Crippen molar-refractivity contribution >= 4 is 16.9 Å². The quantitative estimate of drug-likeness (QED) is 0.570. The molecular formula is C25H35FN2O2. The van der Waals surface area contributed by atoms with Crippen molar-refractivity contribution < 1.29 is 14.3 Å². The summed E-state index contributed by atoms with van der Waals surface area (Å²) in [5.74, 6) is -0.994. The summed E-state index contributed by atoms with van der Waals surface area (Å²) < 4.78 is 13.2. The lowest BCUT2D eigenvalue weighted by Gasteiger charge is -2.30. The summed E-state index contributed by atoms with van der Waals surface area (Å²) in [6, 6.07) is 6.39. The lowest BCUT2D eigenvalue weighted by molar-refractivity contribution is -0.137. The Morgan fingerprint density at radius 3 is 2.23 bits per heavy atom. The third kappa shape index (κ3) is 5.23. The molecule has 3 aliphatic rings. The summed E-state index contributed by atoms with van der Waals surface area (Å²) in [6.45, 7) is 0. The van der Waals surface area contributed by atoms with Crippen molar-refractivity contribution in [1.29, 1.82) is 0 Å². The molecule has 2 saturated carbocycles. The van der Waals surface area contributed by atoms with Crippen LogP contribution in [-0.2, 0) is 11.2 Å². The number of aryl methyl sites for hydroxylation is 1. The number of rotatable bonds is 4. The van der Waals surface area contributed by atoms with Gasteiger partial charge in [0.2, 0.25) is 0 Å². The van der Waals surface area contributed by atoms with Crippen LogP contribution in [0.25, 0.3) is 10.9 Å². The highest BCUT2D eigenvalue weighted by Crippen LogP contribution is 2.39. The standard InChI is InChI=1S/C13H12FNO2.C12H23N/c14-8-2-4-11-10(6-8)9-3-1-7(5-12(16)17)13(9)15-11;1-3-7-11(8-4-1)13-12-9-5-2-6-10-12/h2,4,6-7,15H,1,3,5H2,(H,16,17);11-13H,1-10H2/t7-;/m1./s1. The highest BCUT2D eigenvalue weighted by atomic mass is 19.1. The smallest absolute Gasteiger partial charge is 0.304 e. The largest absolute Gasteiger partial charge is 0.481 e. The van der Waals surface area contributed by atoms with Crippen LogP contribution in [0, 0.1) is 5.82 Å². The van der Waals surface area contributed by atoms with E-state index < -0.39 is 5.97 Å². The Morgan fingerprint density at radius 1 is 1.00 bits per heavy atom. The number of aromatic amines is 1. The lowest BCUT2D eigenvalue weighted by atomic mass is 9.91. The number of fused-ring (bicyclic) bond motifs is 3. The van der Waals surface area contributed by atoms with Crippen LogP contribution in [0.4, 0.5) is 4.39 Å². The molecule has 0 spiro atoms. The van der Waals surface area contributed by atoms with Crippen LogP contribution in [0.2, 0.25) is 0 Å². The van der Waals surface area contributed by atoms with Crippen LogP contribution in [0.1, 0.15) is 94.2 Å². The van der Waals surface area contributed by atoms with E-state index >= 15 is 0 Å². The normalized spacial score (nSPS) is 22.5. The zero-order valence-electron chi connectivity index (χ0n) is 17.9. The number of benzene rings is 1. The molecule has 0 bridgehead atoms. The third-order valence-corrected chi connectivity index (χ3v) is 7.16. The van der Waals surface area contributed by atoms with Crippen LogP contribution < -0.4 is 5.32 Å². The van der Waals surface area contributed by atoms with E-state index in [4.69, 9.17) is 5.11 Å². The summed E-state index contributed by atoms with van der Waals surface area (Å²) in [6.07, 6.45) is 16.4. The Morgan fingerprint density at radius 2 is 1.63 bits per heavy atom. The number of carbonyl (C=O) groups is 1. The number of hydrogen-bond acceptors (Lipinski definition) is 2. The Kier molecular flexibility index (Phi) is 7.08. The van der Waals surface area contributed by atoms with Crippen LogP contribution in [0.15, 0.2) is 18.2 Å². The van der Waals surface area contributed by atoms with Gasteiger partial charge in [0, 0.05) is 34.6 Å². The average molecular weight is 415 g/mol. The third-order valence-electron chi connectivity index (χ3n) is 7.16. The summed E-state index contributed by atoms with van der Waals surface area (Å²) in [5.41, 5.74) is 2.96. The summed E-state index contributed by atoms with van der Waals surface area (Å²) in [5, 5.41) is 13.6. The highest BCUT2D eigenvalue weighted by Gasteiger charge is 2.28. The second kappa shape index (κ2) is 9.95. The van der Waals surface area contributed by atoms with Gasteiger partial charge in [0.05, 0.1) is 6.42 Å². The number of carboxylic acid groups (broad SMARTS) is 1. The number of carboxylic acids is 1. The van der Waals surface area contributed by atoms with Gasteiger partial charge >= 0.3 is 5.97 Å². The first-order valence-corrected chi connectivity index (χ1v) is 11.9. The number of hydrogen-bond donors (Lipinski definition) is 3. The zero-order chi connectivity index (χ0) is 20.9. The minimum absolute atomic E-state index is 0.0398. The fraction of sp³-hybridized carbons (Fsp3) is 0.640. The van der Waals surface area contributed by atoms with Crippen molar-refractivity contribution in [2.24, 2.45) is 0 Å². The summed E-state index contributed by atoms with van der Waals surface area (Å²) in [4.78, 5) is 14.0. The first-order valence-electron chi connectivity index (χ1n) is 11.9. The molecule has 5 heteroatoms. The molecule has 1 aromatic heterocycles. The minimum Gasteiger partial charge on any atom is -0.481 e. The van der Waals surface area contributed by atoms with Crippen molar-refractivity contribution in [2.75, 3.05) is 0 Å². The fourth-order valence-electron chi connectivity index (χ4n) is 5.61. The van der Waals surface area contributed by atoms with E-state index in [0.29, 0.717) is 0 Å². The molecule has 0 unspecified atom stereocenters. The number of aliphatic carboxylic acids is 1. The Bertz CT molecular complexity index is 834. The Balaban J connectivity index is 0.000000151. The molecule has 2 aromatic rings. The molecule has 3 aliphatic carbocycles. The molecule has 3 N–H and O–H groups in total. The van der Waals surface area contributed by atoms with E-state index in [-0.39, 0.29) is 18.2 Å². The molecule has 5 rings (SSSR count). The second-order valence-electron chi connectivity index (χ2n) is 9.38. The maximum Gasteiger partial charge on any atom is 0.304 e. The lowest BCUT2D eigenvalue weighted by Crippen LogP contribution is -2.40. The number of halogens is 1. The van der Waals surface area contributed by atoms with Gasteiger partial charge in [0.1, 0.15) is 5.82 Å². The zero-order valence-corrected chi connectivity index (χ0v) is 17.9. The van der Waals surface area contributed by atoms with Gasteiger partial charge in [-0.2, -0.15) is 0 Å². The molecule has 2 fully saturated rings. The predicted molar refractivity (Wildman–Crippen MR) is 118 cm³/mol. The molecule has 164 valence electrons. The van der Waals surface area contributed by atoms with E-state index in [1.807, 2.05) is 0 Å². The van der Waals surface area contributed by atoms with Crippen molar-refractivity contribution in [3.63, 3.8) is 0 Å². The topological polar surface area (TPSA) is 65.1 Å². The molecule has 1 aromatic carbocycles. The number of aromatic nitrogens is 1. The van der Waals surface area contributed by atoms with E-state index in [2.05, 4.69) is 10.3 Å². The Labute approximate surface area is 178 Å². The van der Waals surface area contributed by atoms with Crippen LogP contribution >= 0.6 is 0 Å². The van der Waals surface area contributed by atoms with E-state index in [1.165, 1.54) is 76.3 Å². The fourth-order valence-corrected chi connectivity index (χ4v) is 5.61. The predicted octanol–water partition coefficient (Wildman–Crippen LogP) is 6.05. The van der Waals surface area contributed by atoms with Crippen LogP contribution in [-0.4, -0.2) is 28.1 Å². The highest BCUT2D eigenvalue weighted by molar-refractivity contribution is 5.86. The second-order valence-corrected chi connectivity index (χ2v) is 9.38. The van der Waals surface area contributed by atoms with E-state index in [9.17, 15) is 9.18 Å². The molecule has 0 amide bonds. The molecule has 0 saturated heterocycles. The maximum absolute atomic E-state index is 13.2. The average Bonchev–Trinajstić information content (AvgIpc) is 3.29. The monoisotopic (exact) mass is 414 g/mol. The maximum atomic E-state index is 13.2. The van der Waals surface area contributed by atoms with Gasteiger partial charge in [-0.05, 0) is 62.3 Å². The van der Waals surface area contributed by atoms with Gasteiger partial charge < -0.3 is 15.4 Å². The Hall–Kier alpha value is -1.88.